The molecule has 3 rings (SSSR count). The molecule has 1 heterocycles. The molecule has 0 amide bonds. The summed E-state index contributed by atoms with van der Waals surface area (Å²) in [6.45, 7) is 0.560. The summed E-state index contributed by atoms with van der Waals surface area (Å²) in [6, 6.07) is 20.8. The molecule has 0 unspecified atom stereocenters. The Kier molecular flexibility index (Phi) is 3.85. The van der Waals surface area contributed by atoms with E-state index in [-0.39, 0.29) is 6.04 Å². The van der Waals surface area contributed by atoms with Crippen molar-refractivity contribution in [2.75, 3.05) is 0 Å². The van der Waals surface area contributed by atoms with Crippen LogP contribution >= 0.6 is 0 Å². The third-order valence-electron chi connectivity index (χ3n) is 3.14. The van der Waals surface area contributed by atoms with Crippen molar-refractivity contribution in [3.05, 3.63) is 84.0 Å². The summed E-state index contributed by atoms with van der Waals surface area (Å²) < 4.78 is 4.76. The van der Waals surface area contributed by atoms with Crippen LogP contribution < -0.4 is 5.32 Å². The summed E-state index contributed by atoms with van der Waals surface area (Å²) in [5.41, 5.74) is 2.42. The highest BCUT2D eigenvalue weighted by Crippen LogP contribution is 2.21. The fourth-order valence-electron chi connectivity index (χ4n) is 2.18. The SMILES string of the molecule is c1ccc(C(NCc2ncon2)c2ccccc2)cc1. The van der Waals surface area contributed by atoms with Crippen molar-refractivity contribution in [3.63, 3.8) is 0 Å². The van der Waals surface area contributed by atoms with E-state index in [1.807, 2.05) is 36.4 Å². The molecule has 2 aromatic carbocycles. The van der Waals surface area contributed by atoms with Crippen LogP contribution in [0.3, 0.4) is 0 Å². The Labute approximate surface area is 117 Å². The van der Waals surface area contributed by atoms with Gasteiger partial charge in [-0.05, 0) is 11.1 Å². The first kappa shape index (κ1) is 12.6. The Morgan fingerprint density at radius 3 is 2.00 bits per heavy atom. The van der Waals surface area contributed by atoms with E-state index in [4.69, 9.17) is 4.52 Å². The third kappa shape index (κ3) is 2.92. The maximum absolute atomic E-state index is 4.76. The lowest BCUT2D eigenvalue weighted by atomic mass is 9.99. The Balaban J connectivity index is 1.84. The summed E-state index contributed by atoms with van der Waals surface area (Å²) in [4.78, 5) is 4.04. The molecule has 1 aromatic heterocycles. The highest BCUT2D eigenvalue weighted by atomic mass is 16.5. The molecule has 0 fully saturated rings. The quantitative estimate of drug-likeness (QED) is 0.770. The summed E-state index contributed by atoms with van der Waals surface area (Å²) in [6.07, 6.45) is 1.34. The molecule has 0 aliphatic heterocycles. The lowest BCUT2D eigenvalue weighted by Gasteiger charge is -2.19. The van der Waals surface area contributed by atoms with Gasteiger partial charge in [0.05, 0.1) is 12.6 Å². The van der Waals surface area contributed by atoms with E-state index < -0.39 is 0 Å². The predicted octanol–water partition coefficient (Wildman–Crippen LogP) is 2.95. The maximum Gasteiger partial charge on any atom is 0.213 e. The maximum atomic E-state index is 4.76. The van der Waals surface area contributed by atoms with Gasteiger partial charge in [0.2, 0.25) is 6.39 Å². The fraction of sp³-hybridized carbons (Fsp3) is 0.125. The van der Waals surface area contributed by atoms with Gasteiger partial charge < -0.3 is 4.52 Å². The second-order valence-electron chi connectivity index (χ2n) is 4.48. The topological polar surface area (TPSA) is 51.0 Å². The number of rotatable bonds is 5. The first-order chi connectivity index (χ1) is 9.93. The lowest BCUT2D eigenvalue weighted by molar-refractivity contribution is 0.406. The summed E-state index contributed by atoms with van der Waals surface area (Å²) in [5.74, 6) is 0.655. The highest BCUT2D eigenvalue weighted by Gasteiger charge is 2.13. The molecule has 4 heteroatoms. The Hall–Kier alpha value is -2.46. The zero-order valence-corrected chi connectivity index (χ0v) is 10.9. The van der Waals surface area contributed by atoms with E-state index in [1.54, 1.807) is 0 Å². The summed E-state index contributed by atoms with van der Waals surface area (Å²) in [5, 5.41) is 7.30. The molecule has 0 spiro atoms. The monoisotopic (exact) mass is 265 g/mol. The second-order valence-corrected chi connectivity index (χ2v) is 4.48. The Morgan fingerprint density at radius 1 is 0.900 bits per heavy atom. The standard InChI is InChI=1S/C16H15N3O/c1-3-7-13(8-4-1)16(14-9-5-2-6-10-14)17-11-15-18-12-20-19-15/h1-10,12,16-17H,11H2. The summed E-state index contributed by atoms with van der Waals surface area (Å²) in [7, 11) is 0. The fourth-order valence-corrected chi connectivity index (χ4v) is 2.18. The number of aromatic nitrogens is 2. The van der Waals surface area contributed by atoms with Crippen molar-refractivity contribution in [3.8, 4) is 0 Å². The van der Waals surface area contributed by atoms with Gasteiger partial charge in [-0.3, -0.25) is 5.32 Å². The molecule has 0 saturated heterocycles. The van der Waals surface area contributed by atoms with Crippen LogP contribution in [-0.4, -0.2) is 10.1 Å². The van der Waals surface area contributed by atoms with Crippen LogP contribution in [0.15, 0.2) is 71.6 Å². The van der Waals surface area contributed by atoms with E-state index in [1.165, 1.54) is 17.5 Å². The van der Waals surface area contributed by atoms with Gasteiger partial charge in [0.15, 0.2) is 5.82 Å². The molecule has 100 valence electrons. The average molecular weight is 265 g/mol. The zero-order chi connectivity index (χ0) is 13.6. The molecule has 3 aromatic rings. The smallest absolute Gasteiger partial charge is 0.213 e. The molecular weight excluding hydrogens is 250 g/mol. The number of hydrogen-bond donors (Lipinski definition) is 1. The van der Waals surface area contributed by atoms with E-state index in [9.17, 15) is 0 Å². The third-order valence-corrected chi connectivity index (χ3v) is 3.14. The van der Waals surface area contributed by atoms with Gasteiger partial charge >= 0.3 is 0 Å². The molecule has 0 saturated carbocycles. The number of hydrogen-bond acceptors (Lipinski definition) is 4. The van der Waals surface area contributed by atoms with Crippen LogP contribution in [0.1, 0.15) is 23.0 Å². The van der Waals surface area contributed by atoms with Gasteiger partial charge in [-0.2, -0.15) is 4.98 Å². The van der Waals surface area contributed by atoms with Gasteiger partial charge in [0.1, 0.15) is 0 Å². The van der Waals surface area contributed by atoms with Gasteiger partial charge in [-0.1, -0.05) is 65.8 Å². The van der Waals surface area contributed by atoms with Crippen LogP contribution in [-0.2, 0) is 6.54 Å². The van der Waals surface area contributed by atoms with Crippen LogP contribution in [0.4, 0.5) is 0 Å². The van der Waals surface area contributed by atoms with Gasteiger partial charge in [-0.15, -0.1) is 0 Å². The molecule has 1 N–H and O–H groups in total. The van der Waals surface area contributed by atoms with E-state index in [2.05, 4.69) is 39.7 Å². The van der Waals surface area contributed by atoms with Crippen molar-refractivity contribution >= 4 is 0 Å². The van der Waals surface area contributed by atoms with E-state index >= 15 is 0 Å². The number of benzene rings is 2. The van der Waals surface area contributed by atoms with Crippen molar-refractivity contribution in [2.24, 2.45) is 0 Å². The minimum Gasteiger partial charge on any atom is -0.343 e. The normalized spacial score (nSPS) is 10.8. The minimum atomic E-state index is 0.107. The van der Waals surface area contributed by atoms with Crippen molar-refractivity contribution in [1.29, 1.82) is 0 Å². The Morgan fingerprint density at radius 2 is 1.50 bits per heavy atom. The van der Waals surface area contributed by atoms with Gasteiger partial charge in [0, 0.05) is 0 Å². The van der Waals surface area contributed by atoms with Gasteiger partial charge in [0.25, 0.3) is 0 Å². The first-order valence-electron chi connectivity index (χ1n) is 6.52. The number of nitrogens with one attached hydrogen (secondary N) is 1. The molecule has 0 aliphatic rings. The molecule has 20 heavy (non-hydrogen) atoms. The van der Waals surface area contributed by atoms with Crippen molar-refractivity contribution < 1.29 is 4.52 Å². The molecule has 0 radical (unpaired) electrons. The van der Waals surface area contributed by atoms with Crippen LogP contribution in [0, 0.1) is 0 Å². The second kappa shape index (κ2) is 6.12. The van der Waals surface area contributed by atoms with E-state index in [0.717, 1.165) is 0 Å². The van der Waals surface area contributed by atoms with Crippen molar-refractivity contribution in [2.45, 2.75) is 12.6 Å². The van der Waals surface area contributed by atoms with Crippen LogP contribution in [0.5, 0.6) is 0 Å². The number of nitrogens with zero attached hydrogens (tertiary/aromatic N) is 2. The van der Waals surface area contributed by atoms with Crippen LogP contribution in [0.25, 0.3) is 0 Å². The molecule has 0 bridgehead atoms. The lowest BCUT2D eigenvalue weighted by Crippen LogP contribution is -2.22. The molecule has 0 aliphatic carbocycles. The zero-order valence-electron chi connectivity index (χ0n) is 10.9. The van der Waals surface area contributed by atoms with Crippen LogP contribution in [0.2, 0.25) is 0 Å². The van der Waals surface area contributed by atoms with E-state index in [0.29, 0.717) is 12.4 Å². The summed E-state index contributed by atoms with van der Waals surface area (Å²) >= 11 is 0. The van der Waals surface area contributed by atoms with Gasteiger partial charge in [-0.25, -0.2) is 0 Å². The predicted molar refractivity (Wildman–Crippen MR) is 75.9 cm³/mol. The average Bonchev–Trinajstić information content (AvgIpc) is 3.03. The largest absolute Gasteiger partial charge is 0.343 e. The minimum absolute atomic E-state index is 0.107. The van der Waals surface area contributed by atoms with Crippen molar-refractivity contribution in [1.82, 2.24) is 15.5 Å². The highest BCUT2D eigenvalue weighted by molar-refractivity contribution is 5.31. The molecular formula is C16H15N3O. The Bertz CT molecular complexity index is 584. The molecule has 4 nitrogen and oxygen atoms in total. The first-order valence-corrected chi connectivity index (χ1v) is 6.52. The molecule has 0 atom stereocenters.